The highest BCUT2D eigenvalue weighted by Crippen LogP contribution is 2.28. The smallest absolute Gasteiger partial charge is 0.308 e. The van der Waals surface area contributed by atoms with Crippen molar-refractivity contribution >= 4 is 11.9 Å². The third-order valence-electron chi connectivity index (χ3n) is 5.04. The van der Waals surface area contributed by atoms with Gasteiger partial charge in [-0.2, -0.15) is 0 Å². The minimum Gasteiger partial charge on any atom is -0.496 e. The number of carbonyl (C=O) groups excluding carboxylic acids is 1. The van der Waals surface area contributed by atoms with Crippen LogP contribution in [0.2, 0.25) is 0 Å². The highest BCUT2D eigenvalue weighted by molar-refractivity contribution is 5.77. The molecule has 5 heteroatoms. The molecule has 1 aliphatic carbocycles. The fourth-order valence-corrected chi connectivity index (χ4v) is 3.56. The molecule has 5 nitrogen and oxygen atoms in total. The number of rotatable bonds is 10. The first-order chi connectivity index (χ1) is 12.1. The van der Waals surface area contributed by atoms with Crippen molar-refractivity contribution in [2.24, 2.45) is 11.8 Å². The van der Waals surface area contributed by atoms with Crippen molar-refractivity contribution < 1.29 is 19.4 Å². The second kappa shape index (κ2) is 10.1. The van der Waals surface area contributed by atoms with Gasteiger partial charge in [0.15, 0.2) is 0 Å². The topological polar surface area (TPSA) is 75.6 Å². The van der Waals surface area contributed by atoms with E-state index in [0.717, 1.165) is 24.3 Å². The number of amides is 1. The number of ether oxygens (including phenoxy) is 1. The molecule has 0 saturated heterocycles. The molecule has 0 aromatic heterocycles. The molecule has 2 rings (SSSR count). The lowest BCUT2D eigenvalue weighted by Crippen LogP contribution is -2.34. The molecule has 1 aromatic rings. The monoisotopic (exact) mass is 347 g/mol. The number of para-hydroxylation sites is 1. The van der Waals surface area contributed by atoms with Crippen molar-refractivity contribution in [1.82, 2.24) is 5.32 Å². The number of hydrogen-bond donors (Lipinski definition) is 2. The maximum atomic E-state index is 12.0. The summed E-state index contributed by atoms with van der Waals surface area (Å²) in [5.41, 5.74) is 0.841. The molecule has 0 aliphatic heterocycles. The van der Waals surface area contributed by atoms with Crippen molar-refractivity contribution in [3.8, 4) is 5.75 Å². The van der Waals surface area contributed by atoms with E-state index in [1.165, 1.54) is 25.7 Å². The minimum atomic E-state index is -0.905. The van der Waals surface area contributed by atoms with Crippen LogP contribution in [0.3, 0.4) is 0 Å². The van der Waals surface area contributed by atoms with Crippen molar-refractivity contribution in [3.05, 3.63) is 29.8 Å². The fraction of sp³-hybridized carbons (Fsp3) is 0.600. The Morgan fingerprint density at radius 2 is 2.00 bits per heavy atom. The zero-order valence-corrected chi connectivity index (χ0v) is 15.0. The Balaban J connectivity index is 1.76. The lowest BCUT2D eigenvalue weighted by molar-refractivity contribution is -0.141. The molecule has 1 amide bonds. The van der Waals surface area contributed by atoms with Gasteiger partial charge in [0.05, 0.1) is 13.0 Å². The van der Waals surface area contributed by atoms with Crippen LogP contribution in [0, 0.1) is 11.8 Å². The van der Waals surface area contributed by atoms with Crippen LogP contribution in [-0.2, 0) is 16.0 Å². The van der Waals surface area contributed by atoms with E-state index in [2.05, 4.69) is 5.32 Å². The molecule has 25 heavy (non-hydrogen) atoms. The molecule has 1 unspecified atom stereocenters. The van der Waals surface area contributed by atoms with E-state index in [9.17, 15) is 14.7 Å². The Morgan fingerprint density at radius 3 is 2.68 bits per heavy atom. The summed E-state index contributed by atoms with van der Waals surface area (Å²) < 4.78 is 5.27. The number of nitrogens with one attached hydrogen (secondary N) is 1. The van der Waals surface area contributed by atoms with Crippen molar-refractivity contribution in [3.63, 3.8) is 0 Å². The van der Waals surface area contributed by atoms with Gasteiger partial charge in [0, 0.05) is 13.0 Å². The zero-order valence-electron chi connectivity index (χ0n) is 15.0. The Bertz CT molecular complexity index is 567. The van der Waals surface area contributed by atoms with Crippen LogP contribution in [0.25, 0.3) is 0 Å². The zero-order chi connectivity index (χ0) is 18.1. The molecule has 1 aliphatic rings. The molecule has 138 valence electrons. The molecule has 0 bridgehead atoms. The summed E-state index contributed by atoms with van der Waals surface area (Å²) in [6.07, 6.45) is 8.04. The van der Waals surface area contributed by atoms with Gasteiger partial charge >= 0.3 is 5.97 Å². The molecular formula is C20H29NO4. The van der Waals surface area contributed by atoms with Crippen LogP contribution in [0.15, 0.2) is 24.3 Å². The number of carboxylic acid groups (broad SMARTS) is 1. The van der Waals surface area contributed by atoms with Gasteiger partial charge in [-0.1, -0.05) is 43.9 Å². The number of aliphatic carboxylic acids is 1. The van der Waals surface area contributed by atoms with Gasteiger partial charge in [-0.05, 0) is 36.8 Å². The Labute approximate surface area is 149 Å². The van der Waals surface area contributed by atoms with Crippen LogP contribution < -0.4 is 10.1 Å². The van der Waals surface area contributed by atoms with E-state index in [4.69, 9.17) is 4.74 Å². The molecule has 0 heterocycles. The van der Waals surface area contributed by atoms with Crippen molar-refractivity contribution in [1.29, 1.82) is 0 Å². The van der Waals surface area contributed by atoms with Gasteiger partial charge in [0.1, 0.15) is 5.75 Å². The Kier molecular flexibility index (Phi) is 7.76. The molecule has 0 radical (unpaired) electrons. The molecule has 1 saturated carbocycles. The highest BCUT2D eigenvalue weighted by Gasteiger charge is 2.21. The standard InChI is InChI=1S/C20H29NO4/c1-25-18-11-5-4-10-16(18)13-17(20(23)24)14-21-19(22)12-6-9-15-7-2-3-8-15/h4-5,10-11,15,17H,2-3,6-9,12-14H2,1H3,(H,21,22)(H,23,24). The van der Waals surface area contributed by atoms with Crippen molar-refractivity contribution in [2.45, 2.75) is 51.4 Å². The van der Waals surface area contributed by atoms with Crippen LogP contribution in [-0.4, -0.2) is 30.6 Å². The van der Waals surface area contributed by atoms with E-state index in [0.29, 0.717) is 18.6 Å². The molecule has 1 atom stereocenters. The first-order valence-corrected chi connectivity index (χ1v) is 9.21. The summed E-state index contributed by atoms with van der Waals surface area (Å²) in [6.45, 7) is 0.148. The summed E-state index contributed by atoms with van der Waals surface area (Å²) in [4.78, 5) is 23.5. The largest absolute Gasteiger partial charge is 0.496 e. The van der Waals surface area contributed by atoms with E-state index in [-0.39, 0.29) is 12.5 Å². The molecule has 2 N–H and O–H groups in total. The molecular weight excluding hydrogens is 318 g/mol. The van der Waals surface area contributed by atoms with Gasteiger partial charge in [0.25, 0.3) is 0 Å². The lowest BCUT2D eigenvalue weighted by atomic mass is 9.98. The maximum absolute atomic E-state index is 12.0. The SMILES string of the molecule is COc1ccccc1CC(CNC(=O)CCCC1CCCC1)C(=O)O. The average Bonchev–Trinajstić information content (AvgIpc) is 3.12. The first kappa shape index (κ1) is 19.3. The molecule has 0 spiro atoms. The predicted molar refractivity (Wildman–Crippen MR) is 96.6 cm³/mol. The summed E-state index contributed by atoms with van der Waals surface area (Å²) in [6, 6.07) is 7.39. The van der Waals surface area contributed by atoms with Gasteiger partial charge in [0.2, 0.25) is 5.91 Å². The summed E-state index contributed by atoms with van der Waals surface area (Å²) in [7, 11) is 1.57. The van der Waals surface area contributed by atoms with Gasteiger partial charge in [-0.25, -0.2) is 0 Å². The third-order valence-corrected chi connectivity index (χ3v) is 5.04. The fourth-order valence-electron chi connectivity index (χ4n) is 3.56. The van der Waals surface area contributed by atoms with Crippen LogP contribution >= 0.6 is 0 Å². The second-order valence-electron chi connectivity index (χ2n) is 6.90. The number of carbonyl (C=O) groups is 2. The lowest BCUT2D eigenvalue weighted by Gasteiger charge is -2.15. The summed E-state index contributed by atoms with van der Waals surface area (Å²) in [5.74, 6) is -0.154. The van der Waals surface area contributed by atoms with E-state index in [1.807, 2.05) is 24.3 Å². The van der Waals surface area contributed by atoms with Crippen molar-refractivity contribution in [2.75, 3.05) is 13.7 Å². The Morgan fingerprint density at radius 1 is 1.28 bits per heavy atom. The van der Waals surface area contributed by atoms with Crippen LogP contribution in [0.4, 0.5) is 0 Å². The minimum absolute atomic E-state index is 0.0516. The normalized spacial score (nSPS) is 15.7. The number of benzene rings is 1. The summed E-state index contributed by atoms with van der Waals surface area (Å²) >= 11 is 0. The molecule has 1 fully saturated rings. The maximum Gasteiger partial charge on any atom is 0.308 e. The van der Waals surface area contributed by atoms with Gasteiger partial charge in [-0.15, -0.1) is 0 Å². The predicted octanol–water partition coefficient (Wildman–Crippen LogP) is 3.42. The van der Waals surface area contributed by atoms with E-state index in [1.54, 1.807) is 7.11 Å². The van der Waals surface area contributed by atoms with Crippen LogP contribution in [0.1, 0.15) is 50.5 Å². The number of methoxy groups -OCH3 is 1. The Hall–Kier alpha value is -2.04. The van der Waals surface area contributed by atoms with E-state index < -0.39 is 11.9 Å². The highest BCUT2D eigenvalue weighted by atomic mass is 16.5. The summed E-state index contributed by atoms with van der Waals surface area (Å²) in [5, 5.41) is 12.2. The quantitative estimate of drug-likeness (QED) is 0.680. The number of carboxylic acids is 1. The number of hydrogen-bond acceptors (Lipinski definition) is 3. The third kappa shape index (κ3) is 6.40. The second-order valence-corrected chi connectivity index (χ2v) is 6.90. The molecule has 1 aromatic carbocycles. The van der Waals surface area contributed by atoms with Gasteiger partial charge < -0.3 is 15.2 Å². The first-order valence-electron chi connectivity index (χ1n) is 9.21. The van der Waals surface area contributed by atoms with Crippen LogP contribution in [0.5, 0.6) is 5.75 Å². The van der Waals surface area contributed by atoms with Gasteiger partial charge in [-0.3, -0.25) is 9.59 Å². The van der Waals surface area contributed by atoms with E-state index >= 15 is 0 Å². The average molecular weight is 347 g/mol.